The molecular formula is C25H27F2N3O3. The molecule has 0 saturated carbocycles. The second-order valence-electron chi connectivity index (χ2n) is 8.83. The zero-order valence-corrected chi connectivity index (χ0v) is 18.3. The van der Waals surface area contributed by atoms with Gasteiger partial charge in [-0.15, -0.1) is 0 Å². The molecule has 4 amide bonds. The lowest BCUT2D eigenvalue weighted by Crippen LogP contribution is -2.56. The quantitative estimate of drug-likeness (QED) is 0.629. The van der Waals surface area contributed by atoms with Gasteiger partial charge in [-0.05, 0) is 61.3 Å². The molecule has 8 heteroatoms. The highest BCUT2D eigenvalue weighted by Gasteiger charge is 2.51. The van der Waals surface area contributed by atoms with E-state index in [2.05, 4.69) is 10.6 Å². The number of hydrogen-bond acceptors (Lipinski definition) is 3. The number of aryl methyl sites for hydroxylation is 1. The maximum absolute atomic E-state index is 13.4. The van der Waals surface area contributed by atoms with E-state index in [0.717, 1.165) is 31.0 Å². The lowest BCUT2D eigenvalue weighted by molar-refractivity contribution is -0.133. The molecule has 2 aromatic rings. The molecule has 2 saturated heterocycles. The molecule has 0 spiro atoms. The van der Waals surface area contributed by atoms with Crippen LogP contribution in [0.4, 0.5) is 13.6 Å². The molecule has 1 atom stereocenters. The fraction of sp³-hybridized carbons (Fsp3) is 0.400. The van der Waals surface area contributed by atoms with Gasteiger partial charge in [0.25, 0.3) is 5.91 Å². The zero-order chi connectivity index (χ0) is 23.4. The predicted octanol–water partition coefficient (Wildman–Crippen LogP) is 3.35. The van der Waals surface area contributed by atoms with E-state index in [-0.39, 0.29) is 24.2 Å². The van der Waals surface area contributed by atoms with E-state index in [1.807, 2.05) is 30.3 Å². The molecule has 2 heterocycles. The van der Waals surface area contributed by atoms with Gasteiger partial charge >= 0.3 is 6.03 Å². The van der Waals surface area contributed by atoms with Gasteiger partial charge in [-0.1, -0.05) is 30.3 Å². The highest BCUT2D eigenvalue weighted by atomic mass is 19.1. The first-order valence-corrected chi connectivity index (χ1v) is 11.3. The van der Waals surface area contributed by atoms with Crippen molar-refractivity contribution < 1.29 is 23.2 Å². The van der Waals surface area contributed by atoms with Crippen molar-refractivity contribution in [3.63, 3.8) is 0 Å². The molecule has 6 nitrogen and oxygen atoms in total. The van der Waals surface area contributed by atoms with Gasteiger partial charge in [-0.25, -0.2) is 13.6 Å². The molecule has 2 aromatic carbocycles. The Labute approximate surface area is 191 Å². The Morgan fingerprint density at radius 2 is 1.67 bits per heavy atom. The molecule has 174 valence electrons. The fourth-order valence-electron chi connectivity index (χ4n) is 5.01. The minimum absolute atomic E-state index is 0.0845. The summed E-state index contributed by atoms with van der Waals surface area (Å²) in [6.07, 6.45) is 3.08. The number of nitrogens with one attached hydrogen (secondary N) is 2. The maximum atomic E-state index is 13.4. The first-order valence-electron chi connectivity index (χ1n) is 11.3. The molecule has 4 rings (SSSR count). The van der Waals surface area contributed by atoms with Crippen LogP contribution >= 0.6 is 0 Å². The van der Waals surface area contributed by atoms with Gasteiger partial charge in [0.2, 0.25) is 5.91 Å². The topological polar surface area (TPSA) is 78.5 Å². The zero-order valence-electron chi connectivity index (χ0n) is 18.3. The summed E-state index contributed by atoms with van der Waals surface area (Å²) < 4.78 is 26.9. The van der Waals surface area contributed by atoms with Gasteiger partial charge in [0.1, 0.15) is 17.2 Å². The van der Waals surface area contributed by atoms with Crippen LogP contribution in [0.1, 0.15) is 36.8 Å². The number of imide groups is 1. The number of piperidine rings is 1. The van der Waals surface area contributed by atoms with Crippen molar-refractivity contribution in [2.45, 2.75) is 44.1 Å². The smallest absolute Gasteiger partial charge is 0.322 e. The van der Waals surface area contributed by atoms with Crippen molar-refractivity contribution in [2.75, 3.05) is 13.1 Å². The molecule has 0 aromatic heterocycles. The van der Waals surface area contributed by atoms with Crippen molar-refractivity contribution in [1.82, 2.24) is 15.5 Å². The summed E-state index contributed by atoms with van der Waals surface area (Å²) in [6.45, 7) is 0.843. The number of nitrogens with zero attached hydrogens (tertiary/aromatic N) is 1. The predicted molar refractivity (Wildman–Crippen MR) is 118 cm³/mol. The summed E-state index contributed by atoms with van der Waals surface area (Å²) in [4.78, 5) is 39.2. The van der Waals surface area contributed by atoms with E-state index in [1.54, 1.807) is 4.90 Å². The van der Waals surface area contributed by atoms with E-state index in [9.17, 15) is 23.2 Å². The molecule has 33 heavy (non-hydrogen) atoms. The highest BCUT2D eigenvalue weighted by Crippen LogP contribution is 2.35. The van der Waals surface area contributed by atoms with Gasteiger partial charge in [-0.2, -0.15) is 0 Å². The summed E-state index contributed by atoms with van der Waals surface area (Å²) in [5.74, 6) is -2.04. The third kappa shape index (κ3) is 5.21. The number of rotatable bonds is 7. The molecule has 2 fully saturated rings. The van der Waals surface area contributed by atoms with E-state index < -0.39 is 23.2 Å². The van der Waals surface area contributed by atoms with Crippen LogP contribution in [0.2, 0.25) is 0 Å². The lowest BCUT2D eigenvalue weighted by atomic mass is 9.74. The van der Waals surface area contributed by atoms with Crippen molar-refractivity contribution in [3.05, 3.63) is 71.3 Å². The van der Waals surface area contributed by atoms with Gasteiger partial charge in [0, 0.05) is 19.2 Å². The Morgan fingerprint density at radius 1 is 1.00 bits per heavy atom. The maximum Gasteiger partial charge on any atom is 0.322 e. The van der Waals surface area contributed by atoms with E-state index in [4.69, 9.17) is 0 Å². The van der Waals surface area contributed by atoms with E-state index >= 15 is 0 Å². The van der Waals surface area contributed by atoms with Gasteiger partial charge in [0.15, 0.2) is 0 Å². The molecule has 2 aliphatic heterocycles. The second kappa shape index (κ2) is 9.68. The monoisotopic (exact) mass is 455 g/mol. The molecule has 0 radical (unpaired) electrons. The molecular weight excluding hydrogens is 428 g/mol. The number of urea groups is 1. The number of amides is 4. The molecule has 0 unspecified atom stereocenters. The van der Waals surface area contributed by atoms with Gasteiger partial charge in [0.05, 0.1) is 6.42 Å². The van der Waals surface area contributed by atoms with Crippen molar-refractivity contribution in [1.29, 1.82) is 0 Å². The number of carbonyl (C=O) groups is 3. The van der Waals surface area contributed by atoms with Crippen LogP contribution in [0.5, 0.6) is 0 Å². The summed E-state index contributed by atoms with van der Waals surface area (Å²) >= 11 is 0. The molecule has 2 aliphatic rings. The normalized spacial score (nSPS) is 21.1. The Hall–Kier alpha value is -3.29. The summed E-state index contributed by atoms with van der Waals surface area (Å²) in [5, 5.41) is 5.27. The van der Waals surface area contributed by atoms with Crippen molar-refractivity contribution >= 4 is 17.8 Å². The van der Waals surface area contributed by atoms with Gasteiger partial charge < -0.3 is 10.2 Å². The lowest BCUT2D eigenvalue weighted by Gasteiger charge is -2.40. The number of carbonyl (C=O) groups excluding carboxylic acids is 3. The minimum Gasteiger partial charge on any atom is -0.342 e. The third-order valence-electron chi connectivity index (χ3n) is 6.67. The van der Waals surface area contributed by atoms with E-state index in [0.29, 0.717) is 37.9 Å². The fourth-order valence-corrected chi connectivity index (χ4v) is 5.01. The SMILES string of the molecule is O=C1NC(=O)[C@](CCCc2ccccc2)(C2CCN(C(=O)Cc3cc(F)cc(F)c3)CC2)N1. The molecule has 2 N–H and O–H groups in total. The molecule has 0 bridgehead atoms. The molecule has 0 aliphatic carbocycles. The Morgan fingerprint density at radius 3 is 2.27 bits per heavy atom. The van der Waals surface area contributed by atoms with Crippen LogP contribution in [-0.4, -0.2) is 41.4 Å². The minimum atomic E-state index is -0.979. The summed E-state index contributed by atoms with van der Waals surface area (Å²) in [6, 6.07) is 12.6. The largest absolute Gasteiger partial charge is 0.342 e. The average molecular weight is 456 g/mol. The Balaban J connectivity index is 1.38. The summed E-state index contributed by atoms with van der Waals surface area (Å²) in [5.41, 5.74) is 0.484. The highest BCUT2D eigenvalue weighted by molar-refractivity contribution is 6.07. The average Bonchev–Trinajstić information content (AvgIpc) is 3.07. The number of benzene rings is 2. The van der Waals surface area contributed by atoms with Crippen LogP contribution in [0.25, 0.3) is 0 Å². The second-order valence-corrected chi connectivity index (χ2v) is 8.83. The van der Waals surface area contributed by atoms with Crippen molar-refractivity contribution in [3.8, 4) is 0 Å². The Kier molecular flexibility index (Phi) is 6.72. The van der Waals surface area contributed by atoms with E-state index in [1.165, 1.54) is 5.56 Å². The van der Waals surface area contributed by atoms with Gasteiger partial charge in [-0.3, -0.25) is 14.9 Å². The van der Waals surface area contributed by atoms with Crippen LogP contribution in [0.15, 0.2) is 48.5 Å². The van der Waals surface area contributed by atoms with Crippen LogP contribution in [-0.2, 0) is 22.4 Å². The number of likely N-dealkylation sites (tertiary alicyclic amines) is 1. The Bertz CT molecular complexity index is 1020. The number of hydrogen-bond donors (Lipinski definition) is 2. The first-order chi connectivity index (χ1) is 15.9. The standard InChI is InChI=1S/C25H27F2N3O3/c26-20-13-18(14-21(27)16-20)15-22(31)30-11-8-19(9-12-30)25(23(32)28-24(33)29-25)10-4-7-17-5-2-1-3-6-17/h1-3,5-6,13-14,16,19H,4,7-12,15H2,(H2,28,29,32,33)/t25-/m0/s1. The van der Waals surface area contributed by atoms with Crippen molar-refractivity contribution in [2.24, 2.45) is 5.92 Å². The van der Waals surface area contributed by atoms with Crippen LogP contribution in [0.3, 0.4) is 0 Å². The first kappa shape index (κ1) is 22.9. The van der Waals surface area contributed by atoms with Crippen LogP contribution < -0.4 is 10.6 Å². The number of halogens is 2. The third-order valence-corrected chi connectivity index (χ3v) is 6.67. The van der Waals surface area contributed by atoms with Crippen LogP contribution in [0, 0.1) is 17.6 Å². The summed E-state index contributed by atoms with van der Waals surface area (Å²) in [7, 11) is 0.